The Labute approximate surface area is 164 Å². The largest absolute Gasteiger partial charge is 0.484 e. The normalized spacial score (nSPS) is 10.5. The number of thioether (sulfide) groups is 1. The molecule has 1 heterocycles. The van der Waals surface area contributed by atoms with E-state index in [0.29, 0.717) is 11.6 Å². The van der Waals surface area contributed by atoms with Gasteiger partial charge in [-0.25, -0.2) is 4.79 Å². The van der Waals surface area contributed by atoms with E-state index in [-0.39, 0.29) is 29.1 Å². The molecule has 0 aliphatic heterocycles. The van der Waals surface area contributed by atoms with E-state index in [2.05, 4.69) is 15.5 Å². The number of nitrogens with zero attached hydrogens (tertiary/aromatic N) is 2. The first kappa shape index (κ1) is 19.4. The molecule has 0 fully saturated rings. The Bertz CT molecular complexity index is 989. The Balaban J connectivity index is 1.48. The van der Waals surface area contributed by atoms with Crippen molar-refractivity contribution in [1.82, 2.24) is 10.2 Å². The fraction of sp³-hybridized carbons (Fsp3) is 0.158. The van der Waals surface area contributed by atoms with Gasteiger partial charge in [-0.3, -0.25) is 4.79 Å². The number of ether oxygens (including phenoxy) is 1. The van der Waals surface area contributed by atoms with Crippen molar-refractivity contribution in [1.29, 1.82) is 0 Å². The highest BCUT2D eigenvalue weighted by atomic mass is 32.2. The summed E-state index contributed by atoms with van der Waals surface area (Å²) in [5, 5.41) is 19.6. The number of para-hydroxylation sites is 1. The molecule has 1 amide bonds. The molecule has 0 aliphatic carbocycles. The molecule has 3 rings (SSSR count). The number of hydrogen-bond donors (Lipinski definition) is 2. The van der Waals surface area contributed by atoms with Crippen molar-refractivity contribution in [3.05, 3.63) is 65.5 Å². The van der Waals surface area contributed by atoms with Crippen LogP contribution in [0.5, 0.6) is 5.75 Å². The molecule has 28 heavy (non-hydrogen) atoms. The van der Waals surface area contributed by atoms with Crippen LogP contribution in [-0.4, -0.2) is 32.9 Å². The number of benzene rings is 2. The number of anilines is 1. The molecule has 0 aliphatic rings. The Morgan fingerprint density at radius 1 is 1.18 bits per heavy atom. The van der Waals surface area contributed by atoms with E-state index in [1.54, 1.807) is 12.1 Å². The molecule has 2 aromatic carbocycles. The number of carbonyl (C=O) groups excluding carboxylic acids is 1. The number of carboxylic acid groups (broad SMARTS) is 1. The summed E-state index contributed by atoms with van der Waals surface area (Å²) in [4.78, 5) is 23.0. The highest BCUT2D eigenvalue weighted by molar-refractivity contribution is 7.99. The van der Waals surface area contributed by atoms with Gasteiger partial charge in [0.2, 0.25) is 5.91 Å². The van der Waals surface area contributed by atoms with Crippen molar-refractivity contribution in [2.24, 2.45) is 0 Å². The maximum absolute atomic E-state index is 12.0. The molecule has 0 radical (unpaired) electrons. The molecule has 0 unspecified atom stereocenters. The number of carboxylic acids is 1. The molecule has 0 saturated heterocycles. The van der Waals surface area contributed by atoms with Gasteiger partial charge in [0.05, 0.1) is 11.3 Å². The third-order valence-electron chi connectivity index (χ3n) is 3.61. The topological polar surface area (TPSA) is 115 Å². The van der Waals surface area contributed by atoms with Gasteiger partial charge < -0.3 is 19.6 Å². The molecular weight excluding hydrogens is 382 g/mol. The van der Waals surface area contributed by atoms with Crippen molar-refractivity contribution < 1.29 is 23.8 Å². The average Bonchev–Trinajstić information content (AvgIpc) is 3.14. The smallest absolute Gasteiger partial charge is 0.335 e. The van der Waals surface area contributed by atoms with Gasteiger partial charge in [-0.15, -0.1) is 10.2 Å². The quantitative estimate of drug-likeness (QED) is 0.554. The fourth-order valence-corrected chi connectivity index (χ4v) is 2.85. The molecule has 9 heteroatoms. The molecule has 3 aromatic rings. The van der Waals surface area contributed by atoms with E-state index in [4.69, 9.17) is 14.3 Å². The van der Waals surface area contributed by atoms with Crippen LogP contribution < -0.4 is 10.1 Å². The highest BCUT2D eigenvalue weighted by Gasteiger charge is 2.12. The van der Waals surface area contributed by atoms with E-state index in [1.165, 1.54) is 12.1 Å². The van der Waals surface area contributed by atoms with Gasteiger partial charge >= 0.3 is 5.97 Å². The van der Waals surface area contributed by atoms with Crippen LogP contribution in [0.4, 0.5) is 5.69 Å². The predicted octanol–water partition coefficient (Wildman–Crippen LogP) is 3.39. The second kappa shape index (κ2) is 9.05. The first-order chi connectivity index (χ1) is 13.5. The van der Waals surface area contributed by atoms with Crippen LogP contribution >= 0.6 is 11.8 Å². The number of nitrogens with one attached hydrogen (secondary N) is 1. The monoisotopic (exact) mass is 399 g/mol. The lowest BCUT2D eigenvalue weighted by Crippen LogP contribution is -2.14. The minimum absolute atomic E-state index is 0.0393. The zero-order valence-electron chi connectivity index (χ0n) is 14.9. The summed E-state index contributed by atoms with van der Waals surface area (Å²) in [5.74, 6) is -0.296. The molecule has 0 bridgehead atoms. The molecule has 1 aromatic heterocycles. The maximum atomic E-state index is 12.0. The lowest BCUT2D eigenvalue weighted by atomic mass is 10.2. The van der Waals surface area contributed by atoms with Crippen LogP contribution in [0, 0.1) is 6.92 Å². The van der Waals surface area contributed by atoms with Gasteiger partial charge in [0.1, 0.15) is 5.75 Å². The lowest BCUT2D eigenvalue weighted by Gasteiger charge is -2.05. The molecule has 0 spiro atoms. The Hall–Kier alpha value is -3.33. The van der Waals surface area contributed by atoms with Crippen LogP contribution in [0.3, 0.4) is 0 Å². The maximum Gasteiger partial charge on any atom is 0.335 e. The number of aryl methyl sites for hydroxylation is 1. The van der Waals surface area contributed by atoms with Crippen molar-refractivity contribution in [3.63, 3.8) is 0 Å². The summed E-state index contributed by atoms with van der Waals surface area (Å²) in [6.45, 7) is 2.07. The predicted molar refractivity (Wildman–Crippen MR) is 103 cm³/mol. The molecule has 0 saturated carbocycles. The van der Waals surface area contributed by atoms with Crippen LogP contribution in [0.15, 0.2) is 58.2 Å². The number of aromatic nitrogens is 2. The standard InChI is InChI=1S/C19H17N3O5S/c1-12-5-2-3-8-15(12)26-10-17-21-22-19(27-17)28-11-16(23)20-14-7-4-6-13(9-14)18(24)25/h2-9H,10-11H2,1H3,(H,20,23)(H,24,25). The Morgan fingerprint density at radius 2 is 2.00 bits per heavy atom. The number of carbonyl (C=O) groups is 2. The first-order valence-corrected chi connectivity index (χ1v) is 9.26. The minimum Gasteiger partial charge on any atom is -0.484 e. The average molecular weight is 399 g/mol. The summed E-state index contributed by atoms with van der Waals surface area (Å²) in [5.41, 5.74) is 1.50. The third-order valence-corrected chi connectivity index (χ3v) is 4.43. The summed E-state index contributed by atoms with van der Waals surface area (Å²) in [6.07, 6.45) is 0. The highest BCUT2D eigenvalue weighted by Crippen LogP contribution is 2.20. The second-order valence-electron chi connectivity index (χ2n) is 5.74. The van der Waals surface area contributed by atoms with Crippen LogP contribution in [0.25, 0.3) is 0 Å². The number of hydrogen-bond acceptors (Lipinski definition) is 7. The van der Waals surface area contributed by atoms with Crippen LogP contribution in [0.2, 0.25) is 0 Å². The molecule has 8 nitrogen and oxygen atoms in total. The van der Waals surface area contributed by atoms with Gasteiger partial charge in [0, 0.05) is 5.69 Å². The van der Waals surface area contributed by atoms with Gasteiger partial charge in [-0.05, 0) is 36.8 Å². The van der Waals surface area contributed by atoms with E-state index in [1.807, 2.05) is 31.2 Å². The first-order valence-electron chi connectivity index (χ1n) is 8.28. The number of aromatic carboxylic acids is 1. The Kier molecular flexibility index (Phi) is 6.28. The summed E-state index contributed by atoms with van der Waals surface area (Å²) in [6, 6.07) is 13.6. The van der Waals surface area contributed by atoms with Crippen molar-refractivity contribution in [3.8, 4) is 5.75 Å². The SMILES string of the molecule is Cc1ccccc1OCc1nnc(SCC(=O)Nc2cccc(C(=O)O)c2)o1. The lowest BCUT2D eigenvalue weighted by molar-refractivity contribution is -0.113. The molecular formula is C19H17N3O5S. The number of amides is 1. The third kappa shape index (κ3) is 5.34. The van der Waals surface area contributed by atoms with E-state index >= 15 is 0 Å². The van der Waals surface area contributed by atoms with Gasteiger partial charge in [-0.1, -0.05) is 36.0 Å². The number of rotatable bonds is 8. The van der Waals surface area contributed by atoms with Crippen molar-refractivity contribution in [2.75, 3.05) is 11.1 Å². The zero-order chi connectivity index (χ0) is 19.9. The van der Waals surface area contributed by atoms with Crippen molar-refractivity contribution >= 4 is 29.3 Å². The Morgan fingerprint density at radius 3 is 2.79 bits per heavy atom. The fourth-order valence-electron chi connectivity index (χ4n) is 2.27. The van der Waals surface area contributed by atoms with E-state index in [0.717, 1.165) is 23.1 Å². The molecule has 2 N–H and O–H groups in total. The van der Waals surface area contributed by atoms with Crippen molar-refractivity contribution in [2.45, 2.75) is 18.8 Å². The molecule has 144 valence electrons. The van der Waals surface area contributed by atoms with Gasteiger partial charge in [-0.2, -0.15) is 0 Å². The second-order valence-corrected chi connectivity index (χ2v) is 6.67. The van der Waals surface area contributed by atoms with Crippen LogP contribution in [0.1, 0.15) is 21.8 Å². The van der Waals surface area contributed by atoms with E-state index in [9.17, 15) is 9.59 Å². The summed E-state index contributed by atoms with van der Waals surface area (Å²) in [7, 11) is 0. The van der Waals surface area contributed by atoms with E-state index < -0.39 is 5.97 Å². The van der Waals surface area contributed by atoms with Gasteiger partial charge in [0.15, 0.2) is 6.61 Å². The zero-order valence-corrected chi connectivity index (χ0v) is 15.7. The summed E-state index contributed by atoms with van der Waals surface area (Å²) >= 11 is 1.08. The van der Waals surface area contributed by atoms with Gasteiger partial charge in [0.25, 0.3) is 11.1 Å². The minimum atomic E-state index is -1.06. The molecule has 0 atom stereocenters. The van der Waals surface area contributed by atoms with Crippen LogP contribution in [-0.2, 0) is 11.4 Å². The summed E-state index contributed by atoms with van der Waals surface area (Å²) < 4.78 is 11.1.